The zero-order valence-electron chi connectivity index (χ0n) is 8.22. The lowest BCUT2D eigenvalue weighted by Gasteiger charge is -2.13. The molecule has 2 atom stereocenters. The van der Waals surface area contributed by atoms with E-state index in [1.54, 1.807) is 0 Å². The molecule has 1 aliphatic carbocycles. The first-order chi connectivity index (χ1) is 7.27. The highest BCUT2D eigenvalue weighted by Crippen LogP contribution is 2.51. The fraction of sp³-hybridized carbons (Fsp3) is 0.417. The summed E-state index contributed by atoms with van der Waals surface area (Å²) in [4.78, 5) is 11.1. The fourth-order valence-corrected chi connectivity index (χ4v) is 2.40. The molecular formula is C12H12O3. The molecule has 1 aromatic carbocycles. The molecule has 2 unspecified atom stereocenters. The molecule has 2 aliphatic rings. The van der Waals surface area contributed by atoms with Gasteiger partial charge in [0.1, 0.15) is 5.75 Å². The van der Waals surface area contributed by atoms with Crippen LogP contribution < -0.4 is 4.74 Å². The maximum absolute atomic E-state index is 11.1. The minimum Gasteiger partial charge on any atom is -0.478 e. The number of hydrogen-bond donors (Lipinski definition) is 1. The van der Waals surface area contributed by atoms with Crippen molar-refractivity contribution in [1.29, 1.82) is 0 Å². The lowest BCUT2D eigenvalue weighted by Crippen LogP contribution is -2.29. The first-order valence-corrected chi connectivity index (χ1v) is 5.26. The van der Waals surface area contributed by atoms with Gasteiger partial charge in [-0.15, -0.1) is 0 Å². The highest BCUT2D eigenvalue weighted by Gasteiger charge is 2.47. The average molecular weight is 204 g/mol. The van der Waals surface area contributed by atoms with Gasteiger partial charge in [0.15, 0.2) is 0 Å². The van der Waals surface area contributed by atoms with Crippen LogP contribution in [0.3, 0.4) is 0 Å². The number of aliphatic carboxylic acids is 1. The van der Waals surface area contributed by atoms with Gasteiger partial charge >= 0.3 is 5.97 Å². The molecule has 1 heterocycles. The number of carbonyl (C=O) groups is 1. The second-order valence-electron chi connectivity index (χ2n) is 4.28. The molecule has 78 valence electrons. The van der Waals surface area contributed by atoms with Crippen molar-refractivity contribution in [3.8, 4) is 5.75 Å². The maximum atomic E-state index is 11.1. The molecule has 1 saturated carbocycles. The summed E-state index contributed by atoms with van der Waals surface area (Å²) in [6.07, 6.45) is 1.59. The third kappa shape index (κ3) is 1.30. The van der Waals surface area contributed by atoms with E-state index in [0.29, 0.717) is 5.92 Å². The predicted octanol–water partition coefficient (Wildman–Crippen LogP) is 2.03. The van der Waals surface area contributed by atoms with Crippen LogP contribution in [0.15, 0.2) is 24.3 Å². The molecule has 0 radical (unpaired) electrons. The van der Waals surface area contributed by atoms with Crippen molar-refractivity contribution < 1.29 is 14.6 Å². The Bertz CT molecular complexity index is 409. The zero-order valence-corrected chi connectivity index (χ0v) is 8.22. The summed E-state index contributed by atoms with van der Waals surface area (Å²) >= 11 is 0. The van der Waals surface area contributed by atoms with E-state index < -0.39 is 12.1 Å². The van der Waals surface area contributed by atoms with Crippen molar-refractivity contribution >= 4 is 5.97 Å². The molecule has 1 fully saturated rings. The second-order valence-corrected chi connectivity index (χ2v) is 4.28. The molecular weight excluding hydrogens is 192 g/mol. The van der Waals surface area contributed by atoms with Gasteiger partial charge in [0.25, 0.3) is 0 Å². The van der Waals surface area contributed by atoms with Crippen LogP contribution >= 0.6 is 0 Å². The third-order valence-corrected chi connectivity index (χ3v) is 3.23. The van der Waals surface area contributed by atoms with Crippen molar-refractivity contribution in [2.45, 2.75) is 24.9 Å². The standard InChI is InChI=1S/C12H12O3/c13-12(14)11-10(7-5-6-7)8-3-1-2-4-9(8)15-11/h1-4,7,10-11H,5-6H2,(H,13,14). The quantitative estimate of drug-likeness (QED) is 0.801. The minimum atomic E-state index is -0.844. The summed E-state index contributed by atoms with van der Waals surface area (Å²) in [5.74, 6) is 0.485. The zero-order chi connectivity index (χ0) is 10.4. The molecule has 0 spiro atoms. The summed E-state index contributed by atoms with van der Waals surface area (Å²) in [7, 11) is 0. The van der Waals surface area contributed by atoms with E-state index >= 15 is 0 Å². The minimum absolute atomic E-state index is 0.0682. The fourth-order valence-electron chi connectivity index (χ4n) is 2.40. The summed E-state index contributed by atoms with van der Waals surface area (Å²) in [6.45, 7) is 0. The Kier molecular flexibility index (Phi) is 1.75. The van der Waals surface area contributed by atoms with Crippen molar-refractivity contribution in [2.24, 2.45) is 5.92 Å². The van der Waals surface area contributed by atoms with Crippen LogP contribution in [-0.2, 0) is 4.79 Å². The number of ether oxygens (including phenoxy) is 1. The van der Waals surface area contributed by atoms with Gasteiger partial charge in [0, 0.05) is 11.5 Å². The van der Waals surface area contributed by atoms with E-state index in [2.05, 4.69) is 0 Å². The number of benzene rings is 1. The Balaban J connectivity index is 2.02. The molecule has 15 heavy (non-hydrogen) atoms. The van der Waals surface area contributed by atoms with E-state index in [0.717, 1.165) is 24.2 Å². The van der Waals surface area contributed by atoms with E-state index in [1.165, 1.54) is 0 Å². The predicted molar refractivity (Wildman–Crippen MR) is 54.0 cm³/mol. The molecule has 3 nitrogen and oxygen atoms in total. The van der Waals surface area contributed by atoms with E-state index in [4.69, 9.17) is 9.84 Å². The van der Waals surface area contributed by atoms with Gasteiger partial charge in [-0.2, -0.15) is 0 Å². The number of fused-ring (bicyclic) bond motifs is 1. The average Bonchev–Trinajstić information content (AvgIpc) is 2.98. The Morgan fingerprint density at radius 1 is 1.33 bits per heavy atom. The first-order valence-electron chi connectivity index (χ1n) is 5.26. The van der Waals surface area contributed by atoms with Crippen LogP contribution in [0, 0.1) is 5.92 Å². The molecule has 0 amide bonds. The van der Waals surface area contributed by atoms with Crippen LogP contribution in [-0.4, -0.2) is 17.2 Å². The Morgan fingerprint density at radius 2 is 2.07 bits per heavy atom. The van der Waals surface area contributed by atoms with Gasteiger partial charge in [0.2, 0.25) is 6.10 Å². The number of carboxylic acids is 1. The Labute approximate surface area is 87.7 Å². The Morgan fingerprint density at radius 3 is 2.73 bits per heavy atom. The first kappa shape index (κ1) is 8.77. The normalized spacial score (nSPS) is 28.3. The van der Waals surface area contributed by atoms with Gasteiger partial charge in [0.05, 0.1) is 0 Å². The molecule has 1 aliphatic heterocycles. The van der Waals surface area contributed by atoms with Gasteiger partial charge in [-0.3, -0.25) is 0 Å². The highest BCUT2D eigenvalue weighted by molar-refractivity contribution is 5.76. The largest absolute Gasteiger partial charge is 0.478 e. The van der Waals surface area contributed by atoms with Crippen LogP contribution in [0.1, 0.15) is 24.3 Å². The second kappa shape index (κ2) is 2.99. The molecule has 3 rings (SSSR count). The summed E-state index contributed by atoms with van der Waals surface area (Å²) < 4.78 is 5.48. The number of carboxylic acid groups (broad SMARTS) is 1. The maximum Gasteiger partial charge on any atom is 0.345 e. The SMILES string of the molecule is O=C(O)C1Oc2ccccc2C1C1CC1. The summed E-state index contributed by atoms with van der Waals surface area (Å²) in [5, 5.41) is 9.11. The molecule has 3 heteroatoms. The number of para-hydroxylation sites is 1. The molecule has 0 aromatic heterocycles. The Hall–Kier alpha value is -1.51. The van der Waals surface area contributed by atoms with Gasteiger partial charge in [-0.05, 0) is 24.8 Å². The summed E-state index contributed by atoms with van der Waals surface area (Å²) in [5.41, 5.74) is 1.08. The highest BCUT2D eigenvalue weighted by atomic mass is 16.5. The van der Waals surface area contributed by atoms with Crippen molar-refractivity contribution in [2.75, 3.05) is 0 Å². The molecule has 0 bridgehead atoms. The van der Waals surface area contributed by atoms with Crippen molar-refractivity contribution in [3.05, 3.63) is 29.8 Å². The smallest absolute Gasteiger partial charge is 0.345 e. The number of rotatable bonds is 2. The van der Waals surface area contributed by atoms with E-state index in [9.17, 15) is 4.79 Å². The van der Waals surface area contributed by atoms with Gasteiger partial charge in [-0.25, -0.2) is 4.79 Å². The molecule has 0 saturated heterocycles. The van der Waals surface area contributed by atoms with Crippen LogP contribution in [0.2, 0.25) is 0 Å². The molecule has 1 aromatic rings. The van der Waals surface area contributed by atoms with Crippen molar-refractivity contribution in [1.82, 2.24) is 0 Å². The molecule has 1 N–H and O–H groups in total. The van der Waals surface area contributed by atoms with E-state index in [1.807, 2.05) is 24.3 Å². The van der Waals surface area contributed by atoms with Gasteiger partial charge < -0.3 is 9.84 Å². The summed E-state index contributed by atoms with van der Waals surface area (Å²) in [6, 6.07) is 7.67. The lowest BCUT2D eigenvalue weighted by atomic mass is 9.91. The monoisotopic (exact) mass is 204 g/mol. The van der Waals surface area contributed by atoms with Crippen LogP contribution in [0.4, 0.5) is 0 Å². The third-order valence-electron chi connectivity index (χ3n) is 3.23. The topological polar surface area (TPSA) is 46.5 Å². The van der Waals surface area contributed by atoms with Gasteiger partial charge in [-0.1, -0.05) is 18.2 Å². The van der Waals surface area contributed by atoms with Crippen LogP contribution in [0.5, 0.6) is 5.75 Å². The van der Waals surface area contributed by atoms with Crippen molar-refractivity contribution in [3.63, 3.8) is 0 Å². The van der Waals surface area contributed by atoms with E-state index in [-0.39, 0.29) is 5.92 Å². The van der Waals surface area contributed by atoms with Crippen LogP contribution in [0.25, 0.3) is 0 Å². The number of hydrogen-bond acceptors (Lipinski definition) is 2. The lowest BCUT2D eigenvalue weighted by molar-refractivity contribution is -0.145.